The first-order chi connectivity index (χ1) is 17.0. The van der Waals surface area contributed by atoms with Crippen LogP contribution in [0, 0.1) is 0 Å². The van der Waals surface area contributed by atoms with Gasteiger partial charge < -0.3 is 9.15 Å². The number of aliphatic imine (C=N–C) groups is 1. The van der Waals surface area contributed by atoms with Gasteiger partial charge in [-0.05, 0) is 48.5 Å². The second kappa shape index (κ2) is 9.50. The summed E-state index contributed by atoms with van der Waals surface area (Å²) in [4.78, 5) is 31.7. The quantitative estimate of drug-likeness (QED) is 0.371. The second-order valence-corrected chi connectivity index (χ2v) is 8.05. The molecule has 3 heterocycles. The fraction of sp³-hybridized carbons (Fsp3) is 0.0870. The summed E-state index contributed by atoms with van der Waals surface area (Å²) in [6.45, 7) is -2.97. The van der Waals surface area contributed by atoms with Gasteiger partial charge in [-0.3, -0.25) is 14.5 Å². The highest BCUT2D eigenvalue weighted by Crippen LogP contribution is 2.31. The van der Waals surface area contributed by atoms with E-state index in [0.717, 1.165) is 11.8 Å². The van der Waals surface area contributed by atoms with Gasteiger partial charge in [0.05, 0.1) is 23.2 Å². The summed E-state index contributed by atoms with van der Waals surface area (Å²) < 4.78 is 35.8. The number of nitrogens with zero attached hydrogens (tertiary/aromatic N) is 5. The van der Waals surface area contributed by atoms with E-state index in [2.05, 4.69) is 20.0 Å². The largest absolute Gasteiger partial charge is 0.465 e. The molecule has 0 saturated heterocycles. The second-order valence-electron chi connectivity index (χ2n) is 7.14. The number of alkyl halides is 2. The molecule has 0 N–H and O–H groups in total. The average molecular weight is 495 g/mol. The van der Waals surface area contributed by atoms with Gasteiger partial charge in [0, 0.05) is 6.08 Å². The minimum Gasteiger partial charge on any atom is -0.465 e. The first-order valence-electron chi connectivity index (χ1n) is 10.2. The third-order valence-electron chi connectivity index (χ3n) is 4.92. The maximum Gasteiger partial charge on any atom is 0.387 e. The molecule has 0 atom stereocenters. The zero-order chi connectivity index (χ0) is 24.4. The van der Waals surface area contributed by atoms with Gasteiger partial charge in [-0.25, -0.2) is 4.99 Å². The van der Waals surface area contributed by atoms with Crippen molar-refractivity contribution in [2.24, 2.45) is 4.99 Å². The summed E-state index contributed by atoms with van der Waals surface area (Å²) in [5.74, 6) is -0.0465. The van der Waals surface area contributed by atoms with E-state index in [1.54, 1.807) is 36.4 Å². The van der Waals surface area contributed by atoms with Crippen LogP contribution in [0.4, 0.5) is 14.5 Å². The van der Waals surface area contributed by atoms with Crippen LogP contribution < -0.4 is 15.2 Å². The molecule has 35 heavy (non-hydrogen) atoms. The lowest BCUT2D eigenvalue weighted by molar-refractivity contribution is -0.113. The fourth-order valence-corrected chi connectivity index (χ4v) is 4.22. The first kappa shape index (κ1) is 22.5. The number of halogens is 2. The Kier molecular flexibility index (Phi) is 6.10. The van der Waals surface area contributed by atoms with Gasteiger partial charge in [0.25, 0.3) is 11.5 Å². The lowest BCUT2D eigenvalue weighted by Gasteiger charge is -2.18. The molecule has 1 amide bonds. The summed E-state index contributed by atoms with van der Waals surface area (Å²) in [5, 5.41) is 8.69. The number of hydrogen-bond acceptors (Lipinski definition) is 8. The molecule has 1 aliphatic rings. The first-order valence-corrected chi connectivity index (χ1v) is 11.2. The Morgan fingerprint density at radius 3 is 2.60 bits per heavy atom. The Labute approximate surface area is 200 Å². The van der Waals surface area contributed by atoms with Crippen molar-refractivity contribution in [3.05, 3.63) is 88.7 Å². The predicted molar refractivity (Wildman–Crippen MR) is 126 cm³/mol. The van der Waals surface area contributed by atoms with E-state index in [9.17, 15) is 18.4 Å². The molecule has 0 radical (unpaired) electrons. The molecule has 0 unspecified atom stereocenters. The molecule has 0 aliphatic carbocycles. The van der Waals surface area contributed by atoms with Crippen molar-refractivity contribution in [2.45, 2.75) is 12.5 Å². The van der Waals surface area contributed by atoms with Crippen molar-refractivity contribution in [3.8, 4) is 5.75 Å². The molecule has 2 aromatic heterocycles. The van der Waals surface area contributed by atoms with E-state index in [0.29, 0.717) is 22.4 Å². The number of carbonyl (C=O) groups is 1. The minimum absolute atomic E-state index is 0.0277. The van der Waals surface area contributed by atoms with E-state index in [-0.39, 0.29) is 28.1 Å². The van der Waals surface area contributed by atoms with Crippen molar-refractivity contribution >= 4 is 45.5 Å². The molecule has 0 bridgehead atoms. The predicted octanol–water partition coefficient (Wildman–Crippen LogP) is 4.12. The van der Waals surface area contributed by atoms with Crippen LogP contribution in [0.1, 0.15) is 5.76 Å². The third kappa shape index (κ3) is 4.68. The Hall–Kier alpha value is -4.32. The molecule has 0 spiro atoms. The number of amidine groups is 1. The van der Waals surface area contributed by atoms with Crippen molar-refractivity contribution < 1.29 is 22.7 Å². The molecule has 9 nitrogen and oxygen atoms in total. The van der Waals surface area contributed by atoms with E-state index in [4.69, 9.17) is 4.42 Å². The fourth-order valence-electron chi connectivity index (χ4n) is 3.33. The van der Waals surface area contributed by atoms with E-state index in [1.807, 2.05) is 0 Å². The molecule has 12 heteroatoms. The average Bonchev–Trinajstić information content (AvgIpc) is 3.47. The number of anilines is 1. The molecular formula is C23H15F2N5O4S. The lowest BCUT2D eigenvalue weighted by atomic mass is 10.2. The van der Waals surface area contributed by atoms with Gasteiger partial charge in [0.1, 0.15) is 22.7 Å². The van der Waals surface area contributed by atoms with E-state index < -0.39 is 12.5 Å². The van der Waals surface area contributed by atoms with Gasteiger partial charge in [0.15, 0.2) is 5.17 Å². The van der Waals surface area contributed by atoms with Crippen molar-refractivity contribution in [1.82, 2.24) is 15.0 Å². The number of furan rings is 1. The molecule has 176 valence electrons. The maximum absolute atomic E-state index is 13.2. The number of thioether (sulfide) groups is 1. The molecular weight excluding hydrogens is 480 g/mol. The zero-order valence-corrected chi connectivity index (χ0v) is 18.6. The number of aromatic nitrogens is 3. The monoisotopic (exact) mass is 495 g/mol. The molecule has 1 aliphatic heterocycles. The van der Waals surface area contributed by atoms with Gasteiger partial charge in [-0.2, -0.15) is 13.5 Å². The summed E-state index contributed by atoms with van der Waals surface area (Å²) >= 11 is 1.09. The van der Waals surface area contributed by atoms with Crippen LogP contribution in [-0.4, -0.2) is 32.7 Å². The van der Waals surface area contributed by atoms with Crippen molar-refractivity contribution in [1.29, 1.82) is 0 Å². The van der Waals surface area contributed by atoms with Crippen LogP contribution >= 0.6 is 11.8 Å². The van der Waals surface area contributed by atoms with Crippen molar-refractivity contribution in [3.63, 3.8) is 0 Å². The summed E-state index contributed by atoms with van der Waals surface area (Å²) in [6.07, 6.45) is 2.95. The maximum atomic E-state index is 13.2. The number of rotatable bonds is 6. The molecule has 0 saturated carbocycles. The summed E-state index contributed by atoms with van der Waals surface area (Å²) in [6, 6.07) is 15.8. The lowest BCUT2D eigenvalue weighted by Crippen LogP contribution is -2.31. The Morgan fingerprint density at radius 1 is 1.06 bits per heavy atom. The molecule has 0 fully saturated rings. The minimum atomic E-state index is -2.97. The highest BCUT2D eigenvalue weighted by atomic mass is 32.2. The molecule has 2 aromatic carbocycles. The van der Waals surface area contributed by atoms with Crippen LogP contribution in [0.25, 0.3) is 17.0 Å². The van der Waals surface area contributed by atoms with Gasteiger partial charge in [-0.15, -0.1) is 5.10 Å². The van der Waals surface area contributed by atoms with E-state index in [1.165, 1.54) is 46.2 Å². The molecule has 4 aromatic rings. The van der Waals surface area contributed by atoms with Crippen molar-refractivity contribution in [2.75, 3.05) is 4.90 Å². The van der Waals surface area contributed by atoms with Crippen LogP contribution in [0.15, 0.2) is 86.8 Å². The number of amides is 1. The standard InChI is InChI=1S/C23H15F2N5O4S/c24-22(25)34-15-9-7-14(8-10-15)30-21(32)19(12-16-4-3-11-33-16)26-23(30)35-13-29-20(31)17-5-1-2-6-18(17)27-28-29/h1-12,22H,13H2/b19-12-. The third-order valence-corrected chi connectivity index (χ3v) is 5.82. The topological polar surface area (TPSA) is 103 Å². The van der Waals surface area contributed by atoms with Gasteiger partial charge in [0.2, 0.25) is 0 Å². The SMILES string of the molecule is O=C1/C(=C/c2ccco2)N=C(SCn2nnc3ccccc3c2=O)N1c1ccc(OC(F)F)cc1. The highest BCUT2D eigenvalue weighted by molar-refractivity contribution is 8.13. The van der Waals surface area contributed by atoms with Gasteiger partial charge in [-0.1, -0.05) is 29.1 Å². The number of fused-ring (bicyclic) bond motifs is 1. The van der Waals surface area contributed by atoms with Crippen LogP contribution in [0.2, 0.25) is 0 Å². The number of hydrogen-bond donors (Lipinski definition) is 0. The Balaban J connectivity index is 1.46. The Bertz CT molecular complexity index is 1500. The zero-order valence-electron chi connectivity index (χ0n) is 17.7. The molecule has 5 rings (SSSR count). The van der Waals surface area contributed by atoms with Crippen LogP contribution in [-0.2, 0) is 10.7 Å². The summed E-state index contributed by atoms with van der Waals surface area (Å²) in [7, 11) is 0. The van der Waals surface area contributed by atoms with Gasteiger partial charge >= 0.3 is 6.61 Å². The summed E-state index contributed by atoms with van der Waals surface area (Å²) in [5.41, 5.74) is 0.623. The Morgan fingerprint density at radius 2 is 1.86 bits per heavy atom. The number of benzene rings is 2. The number of ether oxygens (including phenoxy) is 1. The highest BCUT2D eigenvalue weighted by Gasteiger charge is 2.32. The smallest absolute Gasteiger partial charge is 0.387 e. The van der Waals surface area contributed by atoms with Crippen LogP contribution in [0.5, 0.6) is 5.75 Å². The number of carbonyl (C=O) groups excluding carboxylic acids is 1. The normalized spacial score (nSPS) is 14.8. The van der Waals surface area contributed by atoms with E-state index >= 15 is 0 Å². The van der Waals surface area contributed by atoms with Crippen LogP contribution in [0.3, 0.4) is 0 Å².